The molecule has 0 bridgehead atoms. The minimum absolute atomic E-state index is 0.0144. The molecule has 0 aliphatic heterocycles. The van der Waals surface area contributed by atoms with Crippen LogP contribution in [-0.2, 0) is 12.7 Å². The maximum Gasteiger partial charge on any atom is 0.416 e. The highest BCUT2D eigenvalue weighted by atomic mass is 19.4. The van der Waals surface area contributed by atoms with E-state index in [4.69, 9.17) is 0 Å². The first kappa shape index (κ1) is 16.9. The number of anilines is 1. The zero-order chi connectivity index (χ0) is 17.0. The zero-order valence-electron chi connectivity index (χ0n) is 12.8. The average Bonchev–Trinajstić information content (AvgIpc) is 2.43. The first-order valence-corrected chi connectivity index (χ1v) is 7.03. The van der Waals surface area contributed by atoms with E-state index in [1.807, 2.05) is 32.0 Å². The highest BCUT2D eigenvalue weighted by Gasteiger charge is 2.30. The number of hydrogen-bond donors (Lipinski definition) is 2. The molecule has 0 saturated carbocycles. The van der Waals surface area contributed by atoms with Gasteiger partial charge in [0.25, 0.3) is 0 Å². The molecule has 0 spiro atoms. The third-order valence-electron chi connectivity index (χ3n) is 3.19. The summed E-state index contributed by atoms with van der Waals surface area (Å²) in [6.07, 6.45) is -4.39. The van der Waals surface area contributed by atoms with Gasteiger partial charge in [0, 0.05) is 12.2 Å². The Kier molecular flexibility index (Phi) is 4.93. The fraction of sp³-hybridized carbons (Fsp3) is 0.235. The van der Waals surface area contributed by atoms with Crippen molar-refractivity contribution in [2.24, 2.45) is 0 Å². The molecule has 122 valence electrons. The van der Waals surface area contributed by atoms with Gasteiger partial charge in [-0.05, 0) is 54.8 Å². The summed E-state index contributed by atoms with van der Waals surface area (Å²) in [4.78, 5) is 11.8. The van der Waals surface area contributed by atoms with E-state index in [1.165, 1.54) is 12.1 Å². The van der Waals surface area contributed by atoms with Crippen molar-refractivity contribution in [2.45, 2.75) is 26.6 Å². The summed E-state index contributed by atoms with van der Waals surface area (Å²) in [5.74, 6) is 0. The molecule has 0 aromatic heterocycles. The second-order valence-corrected chi connectivity index (χ2v) is 5.38. The number of amides is 2. The molecule has 2 amide bonds. The van der Waals surface area contributed by atoms with Crippen LogP contribution in [-0.4, -0.2) is 6.03 Å². The summed E-state index contributed by atoms with van der Waals surface area (Å²) in [5, 5.41) is 5.21. The molecule has 0 saturated heterocycles. The van der Waals surface area contributed by atoms with Crippen molar-refractivity contribution in [2.75, 3.05) is 5.32 Å². The van der Waals surface area contributed by atoms with Crippen molar-refractivity contribution in [1.82, 2.24) is 5.32 Å². The third-order valence-corrected chi connectivity index (χ3v) is 3.19. The Hall–Kier alpha value is -2.50. The monoisotopic (exact) mass is 322 g/mol. The standard InChI is InChI=1S/C17H17F3N2O/c1-11-6-12(2)8-15(7-11)22-16(23)21-10-13-4-3-5-14(9-13)17(18,19)20/h3-9H,10H2,1-2H3,(H2,21,22,23). The van der Waals surface area contributed by atoms with Crippen LogP contribution in [0.1, 0.15) is 22.3 Å². The molecule has 0 aliphatic rings. The van der Waals surface area contributed by atoms with Crippen LogP contribution < -0.4 is 10.6 Å². The van der Waals surface area contributed by atoms with Gasteiger partial charge in [0.15, 0.2) is 0 Å². The molecule has 2 aromatic rings. The lowest BCUT2D eigenvalue weighted by Crippen LogP contribution is -2.28. The molecule has 23 heavy (non-hydrogen) atoms. The molecule has 6 heteroatoms. The van der Waals surface area contributed by atoms with E-state index >= 15 is 0 Å². The second kappa shape index (κ2) is 6.73. The number of benzene rings is 2. The lowest BCUT2D eigenvalue weighted by atomic mass is 10.1. The Morgan fingerprint density at radius 2 is 1.70 bits per heavy atom. The normalized spacial score (nSPS) is 11.2. The van der Waals surface area contributed by atoms with Gasteiger partial charge in [-0.3, -0.25) is 0 Å². The van der Waals surface area contributed by atoms with E-state index < -0.39 is 17.8 Å². The van der Waals surface area contributed by atoms with Gasteiger partial charge in [-0.2, -0.15) is 13.2 Å². The van der Waals surface area contributed by atoms with Gasteiger partial charge in [-0.25, -0.2) is 4.79 Å². The van der Waals surface area contributed by atoms with Crippen molar-refractivity contribution in [3.05, 3.63) is 64.7 Å². The molecule has 0 atom stereocenters. The summed E-state index contributed by atoms with van der Waals surface area (Å²) < 4.78 is 37.9. The smallest absolute Gasteiger partial charge is 0.334 e. The van der Waals surface area contributed by atoms with E-state index in [-0.39, 0.29) is 6.54 Å². The number of halogens is 3. The van der Waals surface area contributed by atoms with E-state index in [1.54, 1.807) is 0 Å². The number of hydrogen-bond acceptors (Lipinski definition) is 1. The number of nitrogens with one attached hydrogen (secondary N) is 2. The summed E-state index contributed by atoms with van der Waals surface area (Å²) in [6.45, 7) is 3.85. The number of urea groups is 1. The minimum atomic E-state index is -4.39. The maximum absolute atomic E-state index is 12.6. The van der Waals surface area contributed by atoms with Crippen LogP contribution in [0.5, 0.6) is 0 Å². The molecule has 2 aromatic carbocycles. The summed E-state index contributed by atoms with van der Waals surface area (Å²) in [6, 6.07) is 10.0. The fourth-order valence-electron chi connectivity index (χ4n) is 2.26. The lowest BCUT2D eigenvalue weighted by Gasteiger charge is -2.11. The first-order valence-electron chi connectivity index (χ1n) is 7.03. The van der Waals surface area contributed by atoms with Gasteiger partial charge in [-0.15, -0.1) is 0 Å². The quantitative estimate of drug-likeness (QED) is 0.849. The fourth-order valence-corrected chi connectivity index (χ4v) is 2.26. The number of carbonyl (C=O) groups is 1. The molecule has 2 N–H and O–H groups in total. The van der Waals surface area contributed by atoms with Crippen LogP contribution in [0.25, 0.3) is 0 Å². The van der Waals surface area contributed by atoms with E-state index in [0.29, 0.717) is 11.3 Å². The Balaban J connectivity index is 1.97. The molecule has 0 fully saturated rings. The topological polar surface area (TPSA) is 41.1 Å². The Morgan fingerprint density at radius 3 is 2.30 bits per heavy atom. The van der Waals surface area contributed by atoms with Crippen molar-refractivity contribution in [3.63, 3.8) is 0 Å². The van der Waals surface area contributed by atoms with Crippen molar-refractivity contribution in [3.8, 4) is 0 Å². The predicted octanol–water partition coefficient (Wildman–Crippen LogP) is 4.64. The molecular formula is C17H17F3N2O. The van der Waals surface area contributed by atoms with Crippen LogP contribution in [0, 0.1) is 13.8 Å². The van der Waals surface area contributed by atoms with Gasteiger partial charge in [-0.1, -0.05) is 18.2 Å². The molecule has 0 heterocycles. The van der Waals surface area contributed by atoms with E-state index in [9.17, 15) is 18.0 Å². The molecule has 0 radical (unpaired) electrons. The number of aryl methyl sites for hydroxylation is 2. The van der Waals surface area contributed by atoms with E-state index in [0.717, 1.165) is 23.3 Å². The van der Waals surface area contributed by atoms with Crippen LogP contribution in [0.4, 0.5) is 23.7 Å². The zero-order valence-corrected chi connectivity index (χ0v) is 12.8. The van der Waals surface area contributed by atoms with Crippen LogP contribution in [0.2, 0.25) is 0 Å². The SMILES string of the molecule is Cc1cc(C)cc(NC(=O)NCc2cccc(C(F)(F)F)c2)c1. The Morgan fingerprint density at radius 1 is 1.04 bits per heavy atom. The summed E-state index contributed by atoms with van der Waals surface area (Å²) in [5.41, 5.74) is 2.32. The summed E-state index contributed by atoms with van der Waals surface area (Å²) >= 11 is 0. The van der Waals surface area contributed by atoms with Gasteiger partial charge < -0.3 is 10.6 Å². The van der Waals surface area contributed by atoms with Crippen LogP contribution >= 0.6 is 0 Å². The van der Waals surface area contributed by atoms with Gasteiger partial charge in [0.05, 0.1) is 5.56 Å². The van der Waals surface area contributed by atoms with Crippen molar-refractivity contribution in [1.29, 1.82) is 0 Å². The Bertz CT molecular complexity index is 691. The lowest BCUT2D eigenvalue weighted by molar-refractivity contribution is -0.137. The largest absolute Gasteiger partial charge is 0.416 e. The Labute approximate surface area is 132 Å². The van der Waals surface area contributed by atoms with E-state index in [2.05, 4.69) is 10.6 Å². The first-order chi connectivity index (χ1) is 10.7. The van der Waals surface area contributed by atoms with Gasteiger partial charge in [0.1, 0.15) is 0 Å². The maximum atomic E-state index is 12.6. The molecule has 2 rings (SSSR count). The van der Waals surface area contributed by atoms with Crippen molar-refractivity contribution >= 4 is 11.7 Å². The minimum Gasteiger partial charge on any atom is -0.334 e. The van der Waals surface area contributed by atoms with Gasteiger partial charge >= 0.3 is 12.2 Å². The highest BCUT2D eigenvalue weighted by molar-refractivity contribution is 5.89. The molecule has 0 unspecified atom stereocenters. The van der Waals surface area contributed by atoms with Crippen molar-refractivity contribution < 1.29 is 18.0 Å². The third kappa shape index (κ3) is 5.02. The number of carbonyl (C=O) groups excluding carboxylic acids is 1. The number of alkyl halides is 3. The average molecular weight is 322 g/mol. The van der Waals surface area contributed by atoms with Gasteiger partial charge in [0.2, 0.25) is 0 Å². The molecular weight excluding hydrogens is 305 g/mol. The second-order valence-electron chi connectivity index (χ2n) is 5.38. The molecule has 0 aliphatic carbocycles. The molecule has 3 nitrogen and oxygen atoms in total. The highest BCUT2D eigenvalue weighted by Crippen LogP contribution is 2.29. The van der Waals surface area contributed by atoms with Crippen LogP contribution in [0.3, 0.4) is 0 Å². The summed E-state index contributed by atoms with van der Waals surface area (Å²) in [7, 11) is 0. The van der Waals surface area contributed by atoms with Crippen LogP contribution in [0.15, 0.2) is 42.5 Å². The predicted molar refractivity (Wildman–Crippen MR) is 83.2 cm³/mol. The number of rotatable bonds is 3.